The highest BCUT2D eigenvalue weighted by Gasteiger charge is 2.01. The number of urea groups is 1. The summed E-state index contributed by atoms with van der Waals surface area (Å²) < 4.78 is 0. The SMILES string of the molecule is Cc1cnccc1Sc1ccc(NC(N)=O)cc1. The first-order valence-corrected chi connectivity index (χ1v) is 6.22. The topological polar surface area (TPSA) is 68.0 Å². The van der Waals surface area contributed by atoms with Crippen LogP contribution in [0.5, 0.6) is 0 Å². The summed E-state index contributed by atoms with van der Waals surface area (Å²) in [5.41, 5.74) is 6.88. The number of carbonyl (C=O) groups is 1. The molecule has 5 heteroatoms. The second-order valence-electron chi connectivity index (χ2n) is 3.76. The van der Waals surface area contributed by atoms with Crippen LogP contribution in [0.1, 0.15) is 5.56 Å². The Morgan fingerprint density at radius 2 is 2.00 bits per heavy atom. The fraction of sp³-hybridized carbons (Fsp3) is 0.0769. The number of amides is 2. The monoisotopic (exact) mass is 259 g/mol. The van der Waals surface area contributed by atoms with E-state index in [4.69, 9.17) is 5.73 Å². The van der Waals surface area contributed by atoms with Crippen LogP contribution in [0.15, 0.2) is 52.5 Å². The fourth-order valence-electron chi connectivity index (χ4n) is 1.45. The van der Waals surface area contributed by atoms with Crippen LogP contribution in [0.25, 0.3) is 0 Å². The predicted molar refractivity (Wildman–Crippen MR) is 72.7 cm³/mol. The van der Waals surface area contributed by atoms with Gasteiger partial charge in [0.2, 0.25) is 0 Å². The van der Waals surface area contributed by atoms with E-state index in [9.17, 15) is 4.79 Å². The Bertz CT molecular complexity index is 554. The highest BCUT2D eigenvalue weighted by molar-refractivity contribution is 7.99. The molecule has 0 aliphatic rings. The smallest absolute Gasteiger partial charge is 0.316 e. The van der Waals surface area contributed by atoms with Gasteiger partial charge in [-0.25, -0.2) is 4.79 Å². The predicted octanol–water partition coefficient (Wildman–Crippen LogP) is 3.03. The minimum absolute atomic E-state index is 0.555. The minimum atomic E-state index is -0.555. The average Bonchev–Trinajstić information content (AvgIpc) is 2.34. The van der Waals surface area contributed by atoms with E-state index in [-0.39, 0.29) is 0 Å². The molecule has 0 radical (unpaired) electrons. The normalized spacial score (nSPS) is 10.1. The van der Waals surface area contributed by atoms with Gasteiger partial charge in [0.15, 0.2) is 0 Å². The van der Waals surface area contributed by atoms with E-state index in [1.165, 1.54) is 4.90 Å². The largest absolute Gasteiger partial charge is 0.351 e. The maximum absolute atomic E-state index is 10.7. The Balaban J connectivity index is 2.11. The van der Waals surface area contributed by atoms with Crippen molar-refractivity contribution in [2.24, 2.45) is 5.73 Å². The first-order chi connectivity index (χ1) is 8.65. The highest BCUT2D eigenvalue weighted by Crippen LogP contribution is 2.30. The van der Waals surface area contributed by atoms with E-state index in [1.54, 1.807) is 18.0 Å². The Morgan fingerprint density at radius 3 is 2.61 bits per heavy atom. The number of aryl methyl sites for hydroxylation is 1. The number of nitrogens with one attached hydrogen (secondary N) is 1. The molecule has 4 nitrogen and oxygen atoms in total. The molecule has 0 bridgehead atoms. The van der Waals surface area contributed by atoms with Crippen molar-refractivity contribution in [1.29, 1.82) is 0 Å². The van der Waals surface area contributed by atoms with Crippen LogP contribution in [0.4, 0.5) is 10.5 Å². The van der Waals surface area contributed by atoms with Gasteiger partial charge in [-0.2, -0.15) is 0 Å². The van der Waals surface area contributed by atoms with Crippen molar-refractivity contribution in [1.82, 2.24) is 4.98 Å². The van der Waals surface area contributed by atoms with Gasteiger partial charge >= 0.3 is 6.03 Å². The molecule has 3 N–H and O–H groups in total. The summed E-state index contributed by atoms with van der Waals surface area (Å²) in [6.45, 7) is 2.03. The van der Waals surface area contributed by atoms with E-state index in [0.29, 0.717) is 5.69 Å². The van der Waals surface area contributed by atoms with Gasteiger partial charge in [0.05, 0.1) is 0 Å². The number of benzene rings is 1. The molecule has 1 aromatic carbocycles. The van der Waals surface area contributed by atoms with Gasteiger partial charge in [0, 0.05) is 27.9 Å². The number of pyridine rings is 1. The van der Waals surface area contributed by atoms with Crippen molar-refractivity contribution in [2.45, 2.75) is 16.7 Å². The van der Waals surface area contributed by atoms with Crippen LogP contribution in [0.2, 0.25) is 0 Å². The fourth-order valence-corrected chi connectivity index (χ4v) is 2.32. The van der Waals surface area contributed by atoms with E-state index in [1.807, 2.05) is 43.5 Å². The summed E-state index contributed by atoms with van der Waals surface area (Å²) in [5.74, 6) is 0. The summed E-state index contributed by atoms with van der Waals surface area (Å²) in [4.78, 5) is 17.0. The van der Waals surface area contributed by atoms with Gasteiger partial charge in [-0.15, -0.1) is 0 Å². The molecule has 18 heavy (non-hydrogen) atoms. The van der Waals surface area contributed by atoms with Crippen LogP contribution in [0, 0.1) is 6.92 Å². The second-order valence-corrected chi connectivity index (χ2v) is 4.87. The highest BCUT2D eigenvalue weighted by atomic mass is 32.2. The molecule has 0 unspecified atom stereocenters. The first-order valence-electron chi connectivity index (χ1n) is 5.40. The molecule has 0 saturated heterocycles. The zero-order valence-electron chi connectivity index (χ0n) is 9.88. The number of anilines is 1. The van der Waals surface area contributed by atoms with Gasteiger partial charge in [0.25, 0.3) is 0 Å². The molecule has 1 aromatic heterocycles. The number of aromatic nitrogens is 1. The summed E-state index contributed by atoms with van der Waals surface area (Å²) in [5, 5.41) is 2.53. The van der Waals surface area contributed by atoms with Crippen molar-refractivity contribution in [3.63, 3.8) is 0 Å². The Labute approximate surface area is 110 Å². The van der Waals surface area contributed by atoms with E-state index in [2.05, 4.69) is 10.3 Å². The van der Waals surface area contributed by atoms with Gasteiger partial charge in [0.1, 0.15) is 0 Å². The summed E-state index contributed by atoms with van der Waals surface area (Å²) in [7, 11) is 0. The van der Waals surface area contributed by atoms with Crippen molar-refractivity contribution in [3.8, 4) is 0 Å². The third-order valence-electron chi connectivity index (χ3n) is 2.32. The third kappa shape index (κ3) is 3.24. The maximum Gasteiger partial charge on any atom is 0.316 e. The molecular formula is C13H13N3OS. The molecule has 0 fully saturated rings. The van der Waals surface area contributed by atoms with E-state index in [0.717, 1.165) is 10.5 Å². The molecule has 0 atom stereocenters. The zero-order chi connectivity index (χ0) is 13.0. The quantitative estimate of drug-likeness (QED) is 0.890. The molecule has 1 heterocycles. The molecular weight excluding hydrogens is 246 g/mol. The summed E-state index contributed by atoms with van der Waals surface area (Å²) >= 11 is 1.66. The Morgan fingerprint density at radius 1 is 1.28 bits per heavy atom. The molecule has 0 saturated carbocycles. The number of nitrogens with zero attached hydrogens (tertiary/aromatic N) is 1. The zero-order valence-corrected chi connectivity index (χ0v) is 10.7. The van der Waals surface area contributed by atoms with Crippen LogP contribution in [0.3, 0.4) is 0 Å². The second kappa shape index (κ2) is 5.55. The molecule has 2 amide bonds. The molecule has 92 valence electrons. The number of hydrogen-bond acceptors (Lipinski definition) is 3. The van der Waals surface area contributed by atoms with Gasteiger partial charge < -0.3 is 11.1 Å². The number of rotatable bonds is 3. The van der Waals surface area contributed by atoms with Gasteiger partial charge in [-0.1, -0.05) is 11.8 Å². The number of hydrogen-bond donors (Lipinski definition) is 2. The maximum atomic E-state index is 10.7. The Hall–Kier alpha value is -2.01. The number of carbonyl (C=O) groups excluding carboxylic acids is 1. The number of primary amides is 1. The van der Waals surface area contributed by atoms with Gasteiger partial charge in [-0.3, -0.25) is 4.98 Å². The molecule has 0 aliphatic carbocycles. The standard InChI is InChI=1S/C13H13N3OS/c1-9-8-15-7-6-12(9)18-11-4-2-10(3-5-11)16-13(14)17/h2-8H,1H3,(H3,14,16,17). The molecule has 2 rings (SSSR count). The van der Waals surface area contributed by atoms with Gasteiger partial charge in [-0.05, 0) is 42.8 Å². The first kappa shape index (κ1) is 12.4. The lowest BCUT2D eigenvalue weighted by molar-refractivity contribution is 0.259. The molecule has 0 aliphatic heterocycles. The molecule has 2 aromatic rings. The lowest BCUT2D eigenvalue weighted by atomic mass is 10.3. The van der Waals surface area contributed by atoms with Crippen molar-refractivity contribution in [2.75, 3.05) is 5.32 Å². The summed E-state index contributed by atoms with van der Waals surface area (Å²) in [6.07, 6.45) is 3.61. The van der Waals surface area contributed by atoms with Crippen LogP contribution in [-0.2, 0) is 0 Å². The number of nitrogens with two attached hydrogens (primary N) is 1. The van der Waals surface area contributed by atoms with Crippen LogP contribution >= 0.6 is 11.8 Å². The lowest BCUT2D eigenvalue weighted by Crippen LogP contribution is -2.19. The van der Waals surface area contributed by atoms with Crippen molar-refractivity contribution in [3.05, 3.63) is 48.3 Å². The van der Waals surface area contributed by atoms with Crippen LogP contribution in [-0.4, -0.2) is 11.0 Å². The van der Waals surface area contributed by atoms with Crippen LogP contribution < -0.4 is 11.1 Å². The lowest BCUT2D eigenvalue weighted by Gasteiger charge is -2.06. The third-order valence-corrected chi connectivity index (χ3v) is 3.50. The van der Waals surface area contributed by atoms with E-state index >= 15 is 0 Å². The average molecular weight is 259 g/mol. The molecule has 0 spiro atoms. The Kier molecular flexibility index (Phi) is 3.84. The van der Waals surface area contributed by atoms with Crippen molar-refractivity contribution >= 4 is 23.5 Å². The van der Waals surface area contributed by atoms with Crippen molar-refractivity contribution < 1.29 is 4.79 Å². The van der Waals surface area contributed by atoms with E-state index < -0.39 is 6.03 Å². The minimum Gasteiger partial charge on any atom is -0.351 e. The summed E-state index contributed by atoms with van der Waals surface area (Å²) in [6, 6.07) is 8.95.